The van der Waals surface area contributed by atoms with Gasteiger partial charge in [-0.15, -0.1) is 6.58 Å². The van der Waals surface area contributed by atoms with Gasteiger partial charge in [-0.25, -0.2) is 0 Å². The average Bonchev–Trinajstić information content (AvgIpc) is 2.57. The molecule has 1 heterocycles. The molecule has 2 fully saturated rings. The van der Waals surface area contributed by atoms with Crippen molar-refractivity contribution < 1.29 is 5.11 Å². The van der Waals surface area contributed by atoms with Crippen LogP contribution < -0.4 is 0 Å². The van der Waals surface area contributed by atoms with Crippen molar-refractivity contribution in [1.82, 2.24) is 4.90 Å². The normalized spacial score (nSPS) is 37.0. The molecule has 4 rings (SSSR count). The van der Waals surface area contributed by atoms with Gasteiger partial charge in [0.15, 0.2) is 0 Å². The number of nitrogens with zero attached hydrogens (tertiary/aromatic N) is 1. The SMILES string of the molecule is C=CCN1CC[C@]23CCCC[C@H]2[C@H]1CC1=C3C=C(CO)C=[C+]1. The molecule has 2 bridgehead atoms. The maximum atomic E-state index is 9.53. The third-order valence-electron chi connectivity index (χ3n) is 6.46. The molecule has 3 aliphatic carbocycles. The zero-order valence-corrected chi connectivity index (χ0v) is 13.4. The van der Waals surface area contributed by atoms with Gasteiger partial charge in [0, 0.05) is 37.0 Å². The van der Waals surface area contributed by atoms with Gasteiger partial charge in [-0.2, -0.15) is 0 Å². The van der Waals surface area contributed by atoms with Crippen LogP contribution in [0, 0.1) is 17.4 Å². The smallest absolute Gasteiger partial charge is 0.121 e. The maximum Gasteiger partial charge on any atom is 0.121 e. The van der Waals surface area contributed by atoms with E-state index >= 15 is 0 Å². The monoisotopic (exact) mass is 296 g/mol. The van der Waals surface area contributed by atoms with E-state index in [0.29, 0.717) is 11.5 Å². The van der Waals surface area contributed by atoms with Crippen molar-refractivity contribution in [2.75, 3.05) is 19.7 Å². The summed E-state index contributed by atoms with van der Waals surface area (Å²) in [4.78, 5) is 2.65. The molecular formula is C20H26NO+. The molecule has 3 atom stereocenters. The molecule has 1 saturated carbocycles. The predicted octanol–water partition coefficient (Wildman–Crippen LogP) is 3.42. The average molecular weight is 296 g/mol. The Bertz CT molecular complexity index is 570. The van der Waals surface area contributed by atoms with Crippen molar-refractivity contribution in [3.8, 4) is 0 Å². The van der Waals surface area contributed by atoms with E-state index in [0.717, 1.165) is 24.5 Å². The molecule has 116 valence electrons. The van der Waals surface area contributed by atoms with Gasteiger partial charge in [-0.05, 0) is 25.2 Å². The van der Waals surface area contributed by atoms with Crippen LogP contribution in [-0.2, 0) is 0 Å². The summed E-state index contributed by atoms with van der Waals surface area (Å²) in [6.07, 6.45) is 17.7. The second-order valence-corrected chi connectivity index (χ2v) is 7.37. The van der Waals surface area contributed by atoms with Crippen LogP contribution in [0.1, 0.15) is 38.5 Å². The quantitative estimate of drug-likeness (QED) is 0.637. The molecule has 1 aliphatic heterocycles. The van der Waals surface area contributed by atoms with Gasteiger partial charge < -0.3 is 5.11 Å². The van der Waals surface area contributed by atoms with Crippen molar-refractivity contribution in [3.05, 3.63) is 47.6 Å². The standard InChI is InChI=1S/C20H26NO/c1-2-10-21-11-9-20-8-4-3-5-17(20)19(21)13-16-7-6-15(14-22)12-18(16)20/h2,6,12,17,19,22H,1,3-5,8-11,13-14H2/q+1/t17-,19+,20+/m0/s1. The molecule has 0 amide bonds. The van der Waals surface area contributed by atoms with E-state index in [2.05, 4.69) is 29.7 Å². The molecular weight excluding hydrogens is 270 g/mol. The summed E-state index contributed by atoms with van der Waals surface area (Å²) in [6.45, 7) is 6.29. The van der Waals surface area contributed by atoms with E-state index in [1.807, 2.05) is 6.08 Å². The van der Waals surface area contributed by atoms with Crippen LogP contribution in [0.15, 0.2) is 41.5 Å². The highest BCUT2D eigenvalue weighted by molar-refractivity contribution is 5.49. The summed E-state index contributed by atoms with van der Waals surface area (Å²) in [5, 5.41) is 9.53. The van der Waals surface area contributed by atoms with Crippen LogP contribution in [0.25, 0.3) is 0 Å². The number of rotatable bonds is 3. The van der Waals surface area contributed by atoms with Crippen molar-refractivity contribution >= 4 is 0 Å². The number of likely N-dealkylation sites (tertiary alicyclic amines) is 1. The van der Waals surface area contributed by atoms with Crippen LogP contribution in [0.3, 0.4) is 0 Å². The highest BCUT2D eigenvalue weighted by Gasteiger charge is 2.57. The highest BCUT2D eigenvalue weighted by Crippen LogP contribution is 2.59. The third kappa shape index (κ3) is 1.98. The Kier molecular flexibility index (Phi) is 3.57. The van der Waals surface area contributed by atoms with E-state index < -0.39 is 0 Å². The molecule has 0 aromatic carbocycles. The van der Waals surface area contributed by atoms with E-state index in [9.17, 15) is 5.11 Å². The first-order chi connectivity index (χ1) is 10.8. The summed E-state index contributed by atoms with van der Waals surface area (Å²) >= 11 is 0. The van der Waals surface area contributed by atoms with Crippen molar-refractivity contribution in [2.45, 2.75) is 44.6 Å². The molecule has 2 heteroatoms. The van der Waals surface area contributed by atoms with Gasteiger partial charge in [0.2, 0.25) is 0 Å². The Morgan fingerprint density at radius 2 is 2.32 bits per heavy atom. The van der Waals surface area contributed by atoms with Gasteiger partial charge in [-0.3, -0.25) is 4.90 Å². The lowest BCUT2D eigenvalue weighted by Gasteiger charge is -2.56. The van der Waals surface area contributed by atoms with Crippen LogP contribution in [0.4, 0.5) is 0 Å². The van der Waals surface area contributed by atoms with E-state index in [4.69, 9.17) is 0 Å². The van der Waals surface area contributed by atoms with Crippen LogP contribution in [0.5, 0.6) is 0 Å². The molecule has 1 N–H and O–H groups in total. The summed E-state index contributed by atoms with van der Waals surface area (Å²) < 4.78 is 0. The first-order valence-electron chi connectivity index (χ1n) is 8.78. The lowest BCUT2D eigenvalue weighted by Crippen LogP contribution is -2.58. The van der Waals surface area contributed by atoms with Crippen molar-refractivity contribution in [3.63, 3.8) is 0 Å². The maximum absolute atomic E-state index is 9.53. The zero-order valence-electron chi connectivity index (χ0n) is 13.4. The summed E-state index contributed by atoms with van der Waals surface area (Å²) in [5.41, 5.74) is 4.33. The van der Waals surface area contributed by atoms with Gasteiger partial charge in [0.1, 0.15) is 18.3 Å². The largest absolute Gasteiger partial charge is 0.379 e. The van der Waals surface area contributed by atoms with Gasteiger partial charge in [-0.1, -0.05) is 18.9 Å². The minimum atomic E-state index is 0.135. The van der Waals surface area contributed by atoms with Gasteiger partial charge >= 0.3 is 0 Å². The number of allylic oxidation sites excluding steroid dienone is 3. The molecule has 0 aromatic heterocycles. The van der Waals surface area contributed by atoms with Gasteiger partial charge in [0.05, 0.1) is 17.2 Å². The van der Waals surface area contributed by atoms with E-state index in [1.165, 1.54) is 49.8 Å². The lowest BCUT2D eigenvalue weighted by atomic mass is 9.51. The second-order valence-electron chi connectivity index (χ2n) is 7.37. The molecule has 4 aliphatic rings. The summed E-state index contributed by atoms with van der Waals surface area (Å²) in [5.74, 6) is 0.782. The fraction of sp³-hybridized carbons (Fsp3) is 0.600. The topological polar surface area (TPSA) is 23.5 Å². The van der Waals surface area contributed by atoms with Crippen molar-refractivity contribution in [1.29, 1.82) is 0 Å². The molecule has 1 saturated heterocycles. The molecule has 22 heavy (non-hydrogen) atoms. The van der Waals surface area contributed by atoms with E-state index in [1.54, 1.807) is 0 Å². The summed E-state index contributed by atoms with van der Waals surface area (Å²) in [7, 11) is 0. The number of piperidine rings is 1. The molecule has 0 aromatic rings. The minimum absolute atomic E-state index is 0.135. The van der Waals surface area contributed by atoms with Crippen molar-refractivity contribution in [2.24, 2.45) is 11.3 Å². The number of hydrogen-bond acceptors (Lipinski definition) is 2. The Balaban J connectivity index is 1.79. The third-order valence-corrected chi connectivity index (χ3v) is 6.46. The Morgan fingerprint density at radius 1 is 1.41 bits per heavy atom. The lowest BCUT2D eigenvalue weighted by molar-refractivity contribution is -0.0281. The number of aliphatic hydroxyl groups is 1. The Morgan fingerprint density at radius 3 is 3.14 bits per heavy atom. The molecule has 0 spiro atoms. The predicted molar refractivity (Wildman–Crippen MR) is 89.2 cm³/mol. The second kappa shape index (κ2) is 5.45. The Labute approximate surface area is 133 Å². The summed E-state index contributed by atoms with van der Waals surface area (Å²) in [6, 6.07) is 0.663. The Hall–Kier alpha value is -1.21. The van der Waals surface area contributed by atoms with Gasteiger partial charge in [0.25, 0.3) is 0 Å². The first-order valence-corrected chi connectivity index (χ1v) is 8.78. The van der Waals surface area contributed by atoms with Crippen LogP contribution >= 0.6 is 0 Å². The van der Waals surface area contributed by atoms with Crippen LogP contribution in [0.2, 0.25) is 0 Å². The zero-order chi connectivity index (χ0) is 15.2. The molecule has 2 nitrogen and oxygen atoms in total. The van der Waals surface area contributed by atoms with Crippen LogP contribution in [-0.4, -0.2) is 35.7 Å². The van der Waals surface area contributed by atoms with E-state index in [-0.39, 0.29) is 6.61 Å². The first kappa shape index (κ1) is 14.4. The number of aliphatic hydroxyl groups excluding tert-OH is 1. The number of hydrogen-bond donors (Lipinski definition) is 1. The molecule has 0 unspecified atom stereocenters. The molecule has 0 radical (unpaired) electrons. The highest BCUT2D eigenvalue weighted by atomic mass is 16.3. The minimum Gasteiger partial charge on any atom is -0.379 e. The fourth-order valence-electron chi connectivity index (χ4n) is 5.52. The fourth-order valence-corrected chi connectivity index (χ4v) is 5.52.